The van der Waals surface area contributed by atoms with E-state index in [2.05, 4.69) is 15.9 Å². The third-order valence-corrected chi connectivity index (χ3v) is 4.81. The van der Waals surface area contributed by atoms with E-state index in [0.29, 0.717) is 19.4 Å². The number of imide groups is 1. The van der Waals surface area contributed by atoms with E-state index in [1.54, 1.807) is 0 Å². The highest BCUT2D eigenvalue weighted by molar-refractivity contribution is 9.10. The van der Waals surface area contributed by atoms with Crippen molar-refractivity contribution in [1.29, 1.82) is 0 Å². The number of hydrogen-bond acceptors (Lipinski definition) is 2. The molecule has 1 aromatic carbocycles. The summed E-state index contributed by atoms with van der Waals surface area (Å²) in [7, 11) is 0. The summed E-state index contributed by atoms with van der Waals surface area (Å²) in [6, 6.07) is 6.30. The van der Waals surface area contributed by atoms with Gasteiger partial charge in [0.1, 0.15) is 6.54 Å². The maximum atomic E-state index is 13.6. The number of alkyl halides is 2. The van der Waals surface area contributed by atoms with Gasteiger partial charge in [-0.2, -0.15) is 0 Å². The van der Waals surface area contributed by atoms with Crippen molar-refractivity contribution in [1.82, 2.24) is 9.80 Å². The van der Waals surface area contributed by atoms with E-state index in [1.807, 2.05) is 24.3 Å². The molecule has 1 heterocycles. The van der Waals surface area contributed by atoms with E-state index >= 15 is 0 Å². The summed E-state index contributed by atoms with van der Waals surface area (Å²) >= 11 is 3.36. The second-order valence-corrected chi connectivity index (χ2v) is 7.05. The molecule has 0 spiro atoms. The minimum atomic E-state index is -2.79. The standard InChI is InChI=1S/C16H17BrF2N2O2/c17-12-4-1-3-11(7-12)9-20-10-14(22)21(15(20)23)13-5-2-6-16(18,19)8-13/h1,3-4,7,13H,2,5-6,8-10H2. The fraction of sp³-hybridized carbons (Fsp3) is 0.500. The van der Waals surface area contributed by atoms with Gasteiger partial charge in [0.05, 0.1) is 0 Å². The van der Waals surface area contributed by atoms with Crippen molar-refractivity contribution >= 4 is 27.9 Å². The molecule has 1 saturated carbocycles. The third-order valence-electron chi connectivity index (χ3n) is 4.31. The summed E-state index contributed by atoms with van der Waals surface area (Å²) in [5.41, 5.74) is 0.886. The maximum absolute atomic E-state index is 13.6. The van der Waals surface area contributed by atoms with E-state index in [0.717, 1.165) is 14.9 Å². The fourth-order valence-corrected chi connectivity index (χ4v) is 3.72. The molecule has 1 aliphatic carbocycles. The Morgan fingerprint density at radius 1 is 1.30 bits per heavy atom. The van der Waals surface area contributed by atoms with Crippen LogP contribution >= 0.6 is 15.9 Å². The molecule has 124 valence electrons. The smallest absolute Gasteiger partial charge is 0.311 e. The number of carbonyl (C=O) groups is 2. The highest BCUT2D eigenvalue weighted by Crippen LogP contribution is 2.36. The van der Waals surface area contributed by atoms with Gasteiger partial charge in [-0.05, 0) is 30.5 Å². The first-order valence-corrected chi connectivity index (χ1v) is 8.38. The highest BCUT2D eigenvalue weighted by atomic mass is 79.9. The molecular weight excluding hydrogens is 370 g/mol. The second kappa shape index (κ2) is 6.19. The number of halogens is 3. The summed E-state index contributed by atoms with van der Waals surface area (Å²) in [6.45, 7) is 0.247. The summed E-state index contributed by atoms with van der Waals surface area (Å²) in [4.78, 5) is 27.1. The number of rotatable bonds is 3. The summed E-state index contributed by atoms with van der Waals surface area (Å²) < 4.78 is 28.1. The van der Waals surface area contributed by atoms with Crippen molar-refractivity contribution in [2.75, 3.05) is 6.54 Å². The Balaban J connectivity index is 1.72. The number of carbonyl (C=O) groups excluding carboxylic acids is 2. The zero-order valence-corrected chi connectivity index (χ0v) is 14.1. The van der Waals surface area contributed by atoms with Crippen LogP contribution in [0.2, 0.25) is 0 Å². The molecule has 1 unspecified atom stereocenters. The first-order valence-electron chi connectivity index (χ1n) is 7.59. The molecule has 1 atom stereocenters. The minimum Gasteiger partial charge on any atom is -0.311 e. The van der Waals surface area contributed by atoms with Crippen molar-refractivity contribution in [3.63, 3.8) is 0 Å². The van der Waals surface area contributed by atoms with E-state index < -0.39 is 24.4 Å². The van der Waals surface area contributed by atoms with Gasteiger partial charge in [0, 0.05) is 29.9 Å². The van der Waals surface area contributed by atoms with Crippen LogP contribution in [0.1, 0.15) is 31.2 Å². The molecule has 0 bridgehead atoms. The average Bonchev–Trinajstić information content (AvgIpc) is 2.72. The van der Waals surface area contributed by atoms with E-state index in [9.17, 15) is 18.4 Å². The molecule has 3 rings (SSSR count). The topological polar surface area (TPSA) is 40.6 Å². The summed E-state index contributed by atoms with van der Waals surface area (Å²) in [5.74, 6) is -3.17. The van der Waals surface area contributed by atoms with Crippen molar-refractivity contribution in [3.8, 4) is 0 Å². The Hall–Kier alpha value is -1.50. The first-order chi connectivity index (χ1) is 10.9. The lowest BCUT2D eigenvalue weighted by molar-refractivity contribution is -0.129. The quantitative estimate of drug-likeness (QED) is 0.741. The van der Waals surface area contributed by atoms with Crippen LogP contribution in [0.4, 0.5) is 13.6 Å². The van der Waals surface area contributed by atoms with Crippen molar-refractivity contribution in [2.45, 2.75) is 44.2 Å². The maximum Gasteiger partial charge on any atom is 0.327 e. The number of nitrogens with zero attached hydrogens (tertiary/aromatic N) is 2. The van der Waals surface area contributed by atoms with Crippen LogP contribution in [0, 0.1) is 0 Å². The number of amides is 3. The Bertz CT molecular complexity index is 638. The largest absolute Gasteiger partial charge is 0.327 e. The van der Waals surface area contributed by atoms with Gasteiger partial charge in [-0.3, -0.25) is 9.69 Å². The van der Waals surface area contributed by atoms with Crippen LogP contribution in [0.3, 0.4) is 0 Å². The molecule has 1 saturated heterocycles. The Labute approximate surface area is 141 Å². The van der Waals surface area contributed by atoms with Crippen LogP contribution in [0.5, 0.6) is 0 Å². The van der Waals surface area contributed by atoms with Crippen LogP contribution in [-0.4, -0.2) is 40.2 Å². The zero-order chi connectivity index (χ0) is 16.6. The normalized spacial score (nSPS) is 24.4. The molecule has 0 N–H and O–H groups in total. The third kappa shape index (κ3) is 3.54. The molecule has 1 aromatic rings. The first kappa shape index (κ1) is 16.4. The predicted molar refractivity (Wildman–Crippen MR) is 84.0 cm³/mol. The number of hydrogen-bond donors (Lipinski definition) is 0. The van der Waals surface area contributed by atoms with Crippen LogP contribution < -0.4 is 0 Å². The molecule has 2 fully saturated rings. The summed E-state index contributed by atoms with van der Waals surface area (Å²) in [5, 5.41) is 0. The van der Waals surface area contributed by atoms with Gasteiger partial charge in [0.15, 0.2) is 0 Å². The van der Waals surface area contributed by atoms with Gasteiger partial charge in [-0.1, -0.05) is 28.1 Å². The van der Waals surface area contributed by atoms with Crippen molar-refractivity contribution < 1.29 is 18.4 Å². The Kier molecular flexibility index (Phi) is 4.40. The number of benzene rings is 1. The molecule has 0 radical (unpaired) electrons. The summed E-state index contributed by atoms with van der Waals surface area (Å²) in [6.07, 6.45) is 0.203. The fourth-order valence-electron chi connectivity index (χ4n) is 3.27. The Morgan fingerprint density at radius 2 is 2.09 bits per heavy atom. The van der Waals surface area contributed by atoms with Gasteiger partial charge in [-0.15, -0.1) is 0 Å². The SMILES string of the molecule is O=C1CN(Cc2cccc(Br)c2)C(=O)N1C1CCCC(F)(F)C1. The second-order valence-electron chi connectivity index (χ2n) is 6.14. The molecule has 23 heavy (non-hydrogen) atoms. The predicted octanol–water partition coefficient (Wildman–Crippen LogP) is 3.79. The van der Waals surface area contributed by atoms with Gasteiger partial charge < -0.3 is 4.90 Å². The lowest BCUT2D eigenvalue weighted by Gasteiger charge is -2.33. The van der Waals surface area contributed by atoms with Gasteiger partial charge >= 0.3 is 6.03 Å². The highest BCUT2D eigenvalue weighted by Gasteiger charge is 2.46. The van der Waals surface area contributed by atoms with Crippen LogP contribution in [-0.2, 0) is 11.3 Å². The van der Waals surface area contributed by atoms with Gasteiger partial charge in [-0.25, -0.2) is 13.6 Å². The lowest BCUT2D eigenvalue weighted by Crippen LogP contribution is -2.46. The van der Waals surface area contributed by atoms with Crippen LogP contribution in [0.15, 0.2) is 28.7 Å². The van der Waals surface area contributed by atoms with Crippen molar-refractivity contribution in [2.24, 2.45) is 0 Å². The molecule has 2 aliphatic rings. The monoisotopic (exact) mass is 386 g/mol. The molecule has 4 nitrogen and oxygen atoms in total. The molecular formula is C16H17BrF2N2O2. The molecule has 1 aliphatic heterocycles. The van der Waals surface area contributed by atoms with Crippen LogP contribution in [0.25, 0.3) is 0 Å². The zero-order valence-electron chi connectivity index (χ0n) is 12.5. The van der Waals surface area contributed by atoms with Gasteiger partial charge in [0.2, 0.25) is 5.92 Å². The van der Waals surface area contributed by atoms with E-state index in [1.165, 1.54) is 4.90 Å². The molecule has 3 amide bonds. The number of urea groups is 1. The Morgan fingerprint density at radius 3 is 2.78 bits per heavy atom. The minimum absolute atomic E-state index is 0.0482. The van der Waals surface area contributed by atoms with E-state index in [4.69, 9.17) is 0 Å². The van der Waals surface area contributed by atoms with Gasteiger partial charge in [0.25, 0.3) is 5.91 Å². The lowest BCUT2D eigenvalue weighted by atomic mass is 9.91. The van der Waals surface area contributed by atoms with Crippen molar-refractivity contribution in [3.05, 3.63) is 34.3 Å². The molecule has 7 heteroatoms. The molecule has 0 aromatic heterocycles. The average molecular weight is 387 g/mol. The van der Waals surface area contributed by atoms with E-state index in [-0.39, 0.29) is 18.9 Å².